The predicted octanol–water partition coefficient (Wildman–Crippen LogP) is 2.59. The lowest BCUT2D eigenvalue weighted by Crippen LogP contribution is -2.49. The van der Waals surface area contributed by atoms with Crippen LogP contribution in [-0.4, -0.2) is 72.7 Å². The predicted molar refractivity (Wildman–Crippen MR) is 130 cm³/mol. The third kappa shape index (κ3) is 5.41. The molecule has 3 aliphatic rings. The zero-order valence-corrected chi connectivity index (χ0v) is 20.1. The first-order valence-corrected chi connectivity index (χ1v) is 13.5. The van der Waals surface area contributed by atoms with Gasteiger partial charge in [0.2, 0.25) is 16.0 Å². The number of ether oxygens (including phenoxy) is 1. The van der Waals surface area contributed by atoms with E-state index in [1.165, 1.54) is 6.20 Å². The maximum atomic E-state index is 12.5. The van der Waals surface area contributed by atoms with Crippen molar-refractivity contribution in [3.05, 3.63) is 36.0 Å². The molecule has 1 aromatic heterocycles. The summed E-state index contributed by atoms with van der Waals surface area (Å²) in [6, 6.07) is 8.21. The first kappa shape index (κ1) is 22.9. The molecule has 0 amide bonds. The van der Waals surface area contributed by atoms with E-state index in [0.717, 1.165) is 37.1 Å². The zero-order chi connectivity index (χ0) is 23.7. The number of nitrogens with zero attached hydrogens (tertiary/aromatic N) is 4. The zero-order valence-electron chi connectivity index (χ0n) is 19.2. The molecule has 1 aromatic carbocycles. The number of esters is 1. The Morgan fingerprint density at radius 1 is 1.09 bits per heavy atom. The molecule has 1 saturated heterocycles. The van der Waals surface area contributed by atoms with Crippen LogP contribution in [0.4, 0.5) is 23.1 Å². The van der Waals surface area contributed by atoms with Gasteiger partial charge in [0.15, 0.2) is 0 Å². The summed E-state index contributed by atoms with van der Waals surface area (Å²) in [5.41, 5.74) is 2.22. The van der Waals surface area contributed by atoms with E-state index in [4.69, 9.17) is 4.74 Å². The van der Waals surface area contributed by atoms with Gasteiger partial charge in [0, 0.05) is 49.8 Å². The molecule has 182 valence electrons. The van der Waals surface area contributed by atoms with Crippen molar-refractivity contribution < 1.29 is 17.9 Å². The number of piperazine rings is 1. The number of hydrogen-bond acceptors (Lipinski definition) is 9. The fraction of sp³-hybridized carbons (Fsp3) is 0.522. The molecule has 0 unspecified atom stereocenters. The van der Waals surface area contributed by atoms with Crippen molar-refractivity contribution in [3.63, 3.8) is 0 Å². The average Bonchev–Trinajstić information content (AvgIpc) is 3.77. The lowest BCUT2D eigenvalue weighted by atomic mass is 10.2. The van der Waals surface area contributed by atoms with Crippen molar-refractivity contribution >= 4 is 39.1 Å². The van der Waals surface area contributed by atoms with Gasteiger partial charge >= 0.3 is 5.97 Å². The van der Waals surface area contributed by atoms with Crippen LogP contribution in [0.25, 0.3) is 0 Å². The van der Waals surface area contributed by atoms with Crippen LogP contribution in [0.2, 0.25) is 0 Å². The van der Waals surface area contributed by atoms with Crippen LogP contribution in [-0.2, 0) is 14.8 Å². The number of sulfonamides is 1. The Morgan fingerprint density at radius 3 is 2.41 bits per heavy atom. The maximum absolute atomic E-state index is 12.5. The fourth-order valence-corrected chi connectivity index (χ4v) is 4.90. The molecule has 0 radical (unpaired) electrons. The summed E-state index contributed by atoms with van der Waals surface area (Å²) >= 11 is 0. The normalized spacial score (nSPS) is 19.0. The highest BCUT2D eigenvalue weighted by Crippen LogP contribution is 2.30. The summed E-state index contributed by atoms with van der Waals surface area (Å²) in [5.74, 6) is 0.656. The summed E-state index contributed by atoms with van der Waals surface area (Å²) in [7, 11) is -3.14. The second-order valence-electron chi connectivity index (χ2n) is 8.94. The van der Waals surface area contributed by atoms with Gasteiger partial charge < -0.3 is 20.3 Å². The van der Waals surface area contributed by atoms with E-state index in [2.05, 4.69) is 25.5 Å². The van der Waals surface area contributed by atoms with Gasteiger partial charge in [-0.2, -0.15) is 9.29 Å². The summed E-state index contributed by atoms with van der Waals surface area (Å²) < 4.78 is 31.1. The molecule has 0 atom stereocenters. The molecular formula is C23H30N6O4S. The molecule has 3 fully saturated rings. The van der Waals surface area contributed by atoms with Crippen LogP contribution in [0.1, 0.15) is 43.0 Å². The Bertz CT molecular complexity index is 1140. The van der Waals surface area contributed by atoms with Gasteiger partial charge in [-0.1, -0.05) is 0 Å². The molecule has 2 heterocycles. The molecule has 2 aliphatic carbocycles. The van der Waals surface area contributed by atoms with Gasteiger partial charge in [0.05, 0.1) is 5.75 Å². The largest absolute Gasteiger partial charge is 0.459 e. The molecule has 1 aliphatic heterocycles. The molecule has 0 spiro atoms. The van der Waals surface area contributed by atoms with Crippen molar-refractivity contribution in [2.45, 2.75) is 44.8 Å². The topological polar surface area (TPSA) is 117 Å². The first-order valence-electron chi connectivity index (χ1n) is 11.9. The standard InChI is InChI=1S/C23H30N6O4S/c1-2-34(31,32)29-13-11-28(12-14-29)18-7-5-17(6-8-18)26-23-24-15-20(22(30)33-19-9-10-19)21(27-23)25-16-3-4-16/h5-8,15-16,19H,2-4,9-14H2,1H3,(H2,24,25,26,27). The lowest BCUT2D eigenvalue weighted by Gasteiger charge is -2.35. The lowest BCUT2D eigenvalue weighted by molar-refractivity contribution is 0.0472. The Kier molecular flexibility index (Phi) is 6.30. The number of nitrogens with one attached hydrogen (secondary N) is 2. The van der Waals surface area contributed by atoms with Gasteiger partial charge in [-0.05, 0) is 56.9 Å². The second-order valence-corrected chi connectivity index (χ2v) is 11.2. The Labute approximate surface area is 199 Å². The van der Waals surface area contributed by atoms with E-state index in [0.29, 0.717) is 49.6 Å². The van der Waals surface area contributed by atoms with Crippen molar-refractivity contribution in [3.8, 4) is 0 Å². The molecular weight excluding hydrogens is 456 g/mol. The highest BCUT2D eigenvalue weighted by molar-refractivity contribution is 7.89. The van der Waals surface area contributed by atoms with Gasteiger partial charge in [-0.25, -0.2) is 18.2 Å². The Balaban J connectivity index is 1.23. The van der Waals surface area contributed by atoms with Crippen LogP contribution in [0.15, 0.2) is 30.5 Å². The third-order valence-corrected chi connectivity index (χ3v) is 8.09. The number of carbonyl (C=O) groups excluding carboxylic acids is 1. The highest BCUT2D eigenvalue weighted by atomic mass is 32.2. The minimum absolute atomic E-state index is 0.0246. The minimum Gasteiger partial charge on any atom is -0.459 e. The van der Waals surface area contributed by atoms with E-state index in [-0.39, 0.29) is 17.8 Å². The monoisotopic (exact) mass is 486 g/mol. The van der Waals surface area contributed by atoms with E-state index >= 15 is 0 Å². The molecule has 2 N–H and O–H groups in total. The number of carbonyl (C=O) groups is 1. The third-order valence-electron chi connectivity index (χ3n) is 6.21. The second kappa shape index (κ2) is 9.38. The summed E-state index contributed by atoms with van der Waals surface area (Å²) in [6.07, 6.45) is 5.50. The Hall–Kier alpha value is -2.92. The smallest absolute Gasteiger partial charge is 0.343 e. The van der Waals surface area contributed by atoms with Gasteiger partial charge in [-0.3, -0.25) is 0 Å². The van der Waals surface area contributed by atoms with E-state index in [9.17, 15) is 13.2 Å². The van der Waals surface area contributed by atoms with Crippen molar-refractivity contribution in [2.24, 2.45) is 0 Å². The van der Waals surface area contributed by atoms with Crippen LogP contribution in [0, 0.1) is 0 Å². The quantitative estimate of drug-likeness (QED) is 0.516. The van der Waals surface area contributed by atoms with E-state index in [1.54, 1.807) is 11.2 Å². The molecule has 2 saturated carbocycles. The number of benzene rings is 1. The molecule has 11 heteroatoms. The highest BCUT2D eigenvalue weighted by Gasteiger charge is 2.30. The van der Waals surface area contributed by atoms with E-state index < -0.39 is 10.0 Å². The molecule has 10 nitrogen and oxygen atoms in total. The number of aromatic nitrogens is 2. The van der Waals surface area contributed by atoms with Crippen LogP contribution in [0.5, 0.6) is 0 Å². The van der Waals surface area contributed by atoms with Gasteiger partial charge in [-0.15, -0.1) is 0 Å². The Morgan fingerprint density at radius 2 is 1.79 bits per heavy atom. The minimum atomic E-state index is -3.14. The summed E-state index contributed by atoms with van der Waals surface area (Å²) in [5, 5.41) is 6.51. The molecule has 2 aromatic rings. The SMILES string of the molecule is CCS(=O)(=O)N1CCN(c2ccc(Nc3ncc(C(=O)OC4CC4)c(NC4CC4)n3)cc2)CC1. The fourth-order valence-electron chi connectivity index (χ4n) is 3.81. The number of rotatable bonds is 9. The van der Waals surface area contributed by atoms with Crippen molar-refractivity contribution in [1.82, 2.24) is 14.3 Å². The average molecular weight is 487 g/mol. The number of anilines is 4. The van der Waals surface area contributed by atoms with E-state index in [1.807, 2.05) is 24.3 Å². The van der Waals surface area contributed by atoms with Crippen molar-refractivity contribution in [1.29, 1.82) is 0 Å². The maximum Gasteiger partial charge on any atom is 0.343 e. The van der Waals surface area contributed by atoms with Crippen LogP contribution < -0.4 is 15.5 Å². The van der Waals surface area contributed by atoms with Gasteiger partial charge in [0.25, 0.3) is 0 Å². The summed E-state index contributed by atoms with van der Waals surface area (Å²) in [6.45, 7) is 3.98. The molecule has 0 bridgehead atoms. The summed E-state index contributed by atoms with van der Waals surface area (Å²) in [4.78, 5) is 23.5. The van der Waals surface area contributed by atoms with Gasteiger partial charge in [0.1, 0.15) is 17.5 Å². The molecule has 5 rings (SSSR count). The first-order chi connectivity index (χ1) is 16.4. The molecule has 34 heavy (non-hydrogen) atoms. The number of hydrogen-bond donors (Lipinski definition) is 2. The van der Waals surface area contributed by atoms with Crippen LogP contribution in [0.3, 0.4) is 0 Å². The van der Waals surface area contributed by atoms with Crippen molar-refractivity contribution in [2.75, 3.05) is 47.5 Å². The van der Waals surface area contributed by atoms with Crippen LogP contribution >= 0.6 is 0 Å².